The zero-order valence-corrected chi connectivity index (χ0v) is 23.5. The number of amides is 2. The number of ether oxygens (including phenoxy) is 1. The predicted molar refractivity (Wildman–Crippen MR) is 162 cm³/mol. The molecule has 2 amide bonds. The van der Waals surface area contributed by atoms with Crippen molar-refractivity contribution < 1.29 is 18.7 Å². The Morgan fingerprint density at radius 3 is 2.33 bits per heavy atom. The highest BCUT2D eigenvalue weighted by atomic mass is 19.1. The van der Waals surface area contributed by atoms with Crippen molar-refractivity contribution in [2.24, 2.45) is 0 Å². The molecule has 1 atom stereocenters. The predicted octanol–water partition coefficient (Wildman–Crippen LogP) is 4.50. The normalized spacial score (nSPS) is 13.9. The van der Waals surface area contributed by atoms with Gasteiger partial charge in [-0.15, -0.1) is 5.10 Å². The van der Waals surface area contributed by atoms with Gasteiger partial charge in [-0.1, -0.05) is 59.8 Å². The molecule has 1 aliphatic heterocycles. The summed E-state index contributed by atoms with van der Waals surface area (Å²) in [6.45, 7) is 2.94. The number of morpholine rings is 1. The molecular formula is C33H31FN6O3. The Kier molecular flexibility index (Phi) is 8.37. The molecule has 1 aromatic heterocycles. The van der Waals surface area contributed by atoms with Gasteiger partial charge >= 0.3 is 0 Å². The lowest BCUT2D eigenvalue weighted by Gasteiger charge is -2.32. The van der Waals surface area contributed by atoms with Gasteiger partial charge in [0, 0.05) is 31.0 Å². The molecule has 4 aromatic carbocycles. The van der Waals surface area contributed by atoms with Crippen LogP contribution in [0.15, 0.2) is 103 Å². The molecule has 6 rings (SSSR count). The maximum Gasteiger partial charge on any atom is 0.249 e. The van der Waals surface area contributed by atoms with E-state index in [1.54, 1.807) is 0 Å². The summed E-state index contributed by atoms with van der Waals surface area (Å²) in [6.07, 6.45) is 0. The van der Waals surface area contributed by atoms with E-state index in [1.165, 1.54) is 33.8 Å². The van der Waals surface area contributed by atoms with Crippen molar-refractivity contribution in [3.8, 4) is 0 Å². The molecule has 0 radical (unpaired) electrons. The van der Waals surface area contributed by atoms with Crippen LogP contribution in [0.4, 0.5) is 15.8 Å². The van der Waals surface area contributed by atoms with Crippen molar-refractivity contribution in [3.05, 3.63) is 120 Å². The first kappa shape index (κ1) is 28.0. The molecule has 2 heterocycles. The second-order valence-electron chi connectivity index (χ2n) is 10.3. The summed E-state index contributed by atoms with van der Waals surface area (Å²) < 4.78 is 21.0. The van der Waals surface area contributed by atoms with Crippen molar-refractivity contribution >= 4 is 34.2 Å². The molecule has 1 N–H and O–H groups in total. The third kappa shape index (κ3) is 6.39. The highest BCUT2D eigenvalue weighted by Gasteiger charge is 2.33. The smallest absolute Gasteiger partial charge is 0.249 e. The Hall–Kier alpha value is -5.09. The van der Waals surface area contributed by atoms with Crippen LogP contribution in [0.2, 0.25) is 0 Å². The maximum absolute atomic E-state index is 14.2. The fraction of sp³-hybridized carbons (Fsp3) is 0.212. The number of fused-ring (bicyclic) bond motifs is 1. The monoisotopic (exact) mass is 578 g/mol. The third-order valence-electron chi connectivity index (χ3n) is 7.48. The van der Waals surface area contributed by atoms with Crippen molar-refractivity contribution in [3.63, 3.8) is 0 Å². The number of carbonyl (C=O) groups is 2. The fourth-order valence-electron chi connectivity index (χ4n) is 5.27. The number of para-hydroxylation sites is 1. The van der Waals surface area contributed by atoms with E-state index in [-0.39, 0.29) is 19.0 Å². The number of aromatic nitrogens is 3. The van der Waals surface area contributed by atoms with Crippen LogP contribution < -0.4 is 15.1 Å². The van der Waals surface area contributed by atoms with Crippen LogP contribution >= 0.6 is 0 Å². The zero-order valence-electron chi connectivity index (χ0n) is 23.5. The minimum absolute atomic E-state index is 0.174. The molecule has 1 fully saturated rings. The number of nitrogens with zero attached hydrogens (tertiary/aromatic N) is 5. The Balaban J connectivity index is 1.38. The highest BCUT2D eigenvalue weighted by molar-refractivity contribution is 6.01. The Bertz CT molecular complexity index is 1690. The first-order valence-corrected chi connectivity index (χ1v) is 14.2. The topological polar surface area (TPSA) is 92.6 Å². The number of nitrogens with one attached hydrogen (secondary N) is 1. The number of benzene rings is 4. The van der Waals surface area contributed by atoms with Crippen LogP contribution in [0.25, 0.3) is 11.0 Å². The largest absolute Gasteiger partial charge is 0.378 e. The summed E-state index contributed by atoms with van der Waals surface area (Å²) in [7, 11) is 0. The Morgan fingerprint density at radius 2 is 1.58 bits per heavy atom. The van der Waals surface area contributed by atoms with Crippen LogP contribution in [0.3, 0.4) is 0 Å². The lowest BCUT2D eigenvalue weighted by atomic mass is 10.0. The molecule has 0 saturated carbocycles. The average molecular weight is 579 g/mol. The first-order valence-electron chi connectivity index (χ1n) is 14.2. The second-order valence-corrected chi connectivity index (χ2v) is 10.3. The number of anilines is 2. The van der Waals surface area contributed by atoms with E-state index in [0.29, 0.717) is 35.5 Å². The number of hydrogen-bond acceptors (Lipinski definition) is 6. The molecule has 5 aromatic rings. The molecule has 1 saturated heterocycles. The van der Waals surface area contributed by atoms with Gasteiger partial charge in [-0.25, -0.2) is 9.07 Å². The van der Waals surface area contributed by atoms with E-state index < -0.39 is 17.8 Å². The molecule has 0 aliphatic carbocycles. The molecule has 9 nitrogen and oxygen atoms in total. The van der Waals surface area contributed by atoms with Crippen LogP contribution in [-0.2, 0) is 27.4 Å². The lowest BCUT2D eigenvalue weighted by Crippen LogP contribution is -2.45. The summed E-state index contributed by atoms with van der Waals surface area (Å²) in [5.74, 6) is -1.22. The van der Waals surface area contributed by atoms with E-state index in [4.69, 9.17) is 4.74 Å². The maximum atomic E-state index is 14.2. The fourth-order valence-corrected chi connectivity index (χ4v) is 5.27. The van der Waals surface area contributed by atoms with Gasteiger partial charge in [0.15, 0.2) is 0 Å². The van der Waals surface area contributed by atoms with E-state index >= 15 is 0 Å². The van der Waals surface area contributed by atoms with Gasteiger partial charge in [0.2, 0.25) is 11.8 Å². The molecule has 0 spiro atoms. The van der Waals surface area contributed by atoms with Gasteiger partial charge in [0.1, 0.15) is 23.9 Å². The standard InChI is InChI=1S/C33H31FN6O3/c34-26-12-16-28(17-13-26)40(31(41)23-39-30-9-5-4-8-29(30)36-37-39)32(33(42)35-22-24-6-2-1-3-7-24)25-10-14-27(15-11-25)38-18-20-43-21-19-38/h1-17,32H,18-23H2,(H,35,42). The summed E-state index contributed by atoms with van der Waals surface area (Å²) in [5, 5.41) is 11.4. The lowest BCUT2D eigenvalue weighted by molar-refractivity contribution is -0.127. The summed E-state index contributed by atoms with van der Waals surface area (Å²) in [5.41, 5.74) is 4.27. The van der Waals surface area contributed by atoms with E-state index in [0.717, 1.165) is 24.3 Å². The third-order valence-corrected chi connectivity index (χ3v) is 7.48. The summed E-state index contributed by atoms with van der Waals surface area (Å²) >= 11 is 0. The first-order chi connectivity index (χ1) is 21.1. The second kappa shape index (κ2) is 12.8. The van der Waals surface area contributed by atoms with Gasteiger partial charge in [-0.05, 0) is 59.7 Å². The Labute approximate surface area is 248 Å². The molecule has 1 aliphatic rings. The number of halogens is 1. The summed E-state index contributed by atoms with van der Waals surface area (Å²) in [6, 6.07) is 29.1. The minimum Gasteiger partial charge on any atom is -0.378 e. The SMILES string of the molecule is O=C(NCc1ccccc1)C(c1ccc(N2CCOCC2)cc1)N(C(=O)Cn1nnc2ccccc21)c1ccc(F)cc1. The van der Waals surface area contributed by atoms with E-state index in [1.807, 2.05) is 78.9 Å². The van der Waals surface area contributed by atoms with Crippen LogP contribution in [0.5, 0.6) is 0 Å². The molecule has 1 unspecified atom stereocenters. The Morgan fingerprint density at radius 1 is 0.884 bits per heavy atom. The van der Waals surface area contributed by atoms with E-state index in [9.17, 15) is 14.0 Å². The number of rotatable bonds is 9. The number of carbonyl (C=O) groups excluding carboxylic acids is 2. The molecular weight excluding hydrogens is 547 g/mol. The average Bonchev–Trinajstić information content (AvgIpc) is 3.46. The van der Waals surface area contributed by atoms with Crippen molar-refractivity contribution in [2.45, 2.75) is 19.1 Å². The van der Waals surface area contributed by atoms with Crippen molar-refractivity contribution in [1.29, 1.82) is 0 Å². The van der Waals surface area contributed by atoms with Crippen LogP contribution in [-0.4, -0.2) is 53.1 Å². The van der Waals surface area contributed by atoms with Gasteiger partial charge in [0.05, 0.1) is 18.7 Å². The summed E-state index contributed by atoms with van der Waals surface area (Å²) in [4.78, 5) is 31.9. The van der Waals surface area contributed by atoms with Crippen LogP contribution in [0.1, 0.15) is 17.2 Å². The number of hydrogen-bond donors (Lipinski definition) is 1. The van der Waals surface area contributed by atoms with Crippen LogP contribution in [0, 0.1) is 5.82 Å². The molecule has 0 bridgehead atoms. The van der Waals surface area contributed by atoms with Crippen molar-refractivity contribution in [2.75, 3.05) is 36.1 Å². The van der Waals surface area contributed by atoms with Gasteiger partial charge in [-0.2, -0.15) is 0 Å². The quantitative estimate of drug-likeness (QED) is 0.277. The van der Waals surface area contributed by atoms with Gasteiger partial charge in [-0.3, -0.25) is 14.5 Å². The van der Waals surface area contributed by atoms with Gasteiger partial charge < -0.3 is 15.0 Å². The van der Waals surface area contributed by atoms with Crippen molar-refractivity contribution in [1.82, 2.24) is 20.3 Å². The van der Waals surface area contributed by atoms with Gasteiger partial charge in [0.25, 0.3) is 0 Å². The molecule has 218 valence electrons. The zero-order chi connectivity index (χ0) is 29.6. The molecule has 43 heavy (non-hydrogen) atoms. The molecule has 10 heteroatoms. The minimum atomic E-state index is -1.05. The highest BCUT2D eigenvalue weighted by Crippen LogP contribution is 2.31. The van der Waals surface area contributed by atoms with E-state index in [2.05, 4.69) is 20.5 Å².